The molecule has 2 N–H and O–H groups in total. The molecule has 0 radical (unpaired) electrons. The van der Waals surface area contributed by atoms with Crippen molar-refractivity contribution in [2.24, 2.45) is 0 Å². The first-order chi connectivity index (χ1) is 8.75. The van der Waals surface area contributed by atoms with Gasteiger partial charge >= 0.3 is 0 Å². The lowest BCUT2D eigenvalue weighted by Crippen LogP contribution is -1.84. The Hall–Kier alpha value is -2.36. The smallest absolute Gasteiger partial charge is 0.0672 e. The molecule has 0 saturated heterocycles. The summed E-state index contributed by atoms with van der Waals surface area (Å²) in [6.07, 6.45) is 1.76. The van der Waals surface area contributed by atoms with E-state index in [4.69, 9.17) is 0 Å². The molecule has 0 amide bonds. The van der Waals surface area contributed by atoms with Gasteiger partial charge in [-0.05, 0) is 31.5 Å². The number of nitrogens with zero attached hydrogens (tertiary/aromatic N) is 2. The van der Waals surface area contributed by atoms with Crippen LogP contribution < -0.4 is 0 Å². The third-order valence-corrected chi connectivity index (χ3v) is 3.09. The Morgan fingerprint density at radius 3 is 2.50 bits per heavy atom. The van der Waals surface area contributed by atoms with E-state index in [2.05, 4.69) is 44.7 Å². The highest BCUT2D eigenvalue weighted by atomic mass is 15.1. The van der Waals surface area contributed by atoms with Crippen LogP contribution in [0.5, 0.6) is 0 Å². The van der Waals surface area contributed by atoms with E-state index < -0.39 is 0 Å². The molecule has 18 heavy (non-hydrogen) atoms. The molecule has 4 nitrogen and oxygen atoms in total. The normalized spacial score (nSPS) is 10.8. The van der Waals surface area contributed by atoms with E-state index in [-0.39, 0.29) is 0 Å². The molecule has 3 rings (SSSR count). The zero-order chi connectivity index (χ0) is 12.5. The standard InChI is InChI=1S/C14H14N4/c1-9-14(10(2)17-16-9)12-5-3-4-11(8-12)13-6-7-15-18-13/h3-8H,1-2H3,(H,15,18)(H,16,17). The molecule has 3 aromatic rings. The molecule has 1 aromatic carbocycles. The van der Waals surface area contributed by atoms with Gasteiger partial charge in [0.1, 0.15) is 0 Å². The maximum Gasteiger partial charge on any atom is 0.0672 e. The summed E-state index contributed by atoms with van der Waals surface area (Å²) in [6.45, 7) is 4.06. The SMILES string of the molecule is Cc1n[nH]c(C)c1-c1cccc(-c2ccn[nH]2)c1. The number of hydrogen-bond donors (Lipinski definition) is 2. The van der Waals surface area contributed by atoms with Gasteiger partial charge in [0.2, 0.25) is 0 Å². The minimum atomic E-state index is 1.02. The predicted molar refractivity (Wildman–Crippen MR) is 71.1 cm³/mol. The highest BCUT2D eigenvalue weighted by Gasteiger charge is 2.09. The van der Waals surface area contributed by atoms with E-state index in [9.17, 15) is 0 Å². The minimum absolute atomic E-state index is 1.02. The number of hydrogen-bond acceptors (Lipinski definition) is 2. The van der Waals surface area contributed by atoms with Gasteiger partial charge in [0, 0.05) is 23.0 Å². The van der Waals surface area contributed by atoms with Crippen LogP contribution in [0.2, 0.25) is 0 Å². The fraction of sp³-hybridized carbons (Fsp3) is 0.143. The van der Waals surface area contributed by atoms with Crippen molar-refractivity contribution < 1.29 is 0 Å². The van der Waals surface area contributed by atoms with Crippen molar-refractivity contribution in [3.8, 4) is 22.4 Å². The number of nitrogens with one attached hydrogen (secondary N) is 2. The first kappa shape index (κ1) is 10.8. The number of aryl methyl sites for hydroxylation is 2. The largest absolute Gasteiger partial charge is 0.282 e. The van der Waals surface area contributed by atoms with Crippen molar-refractivity contribution in [2.45, 2.75) is 13.8 Å². The Labute approximate surface area is 105 Å². The second-order valence-corrected chi connectivity index (χ2v) is 4.36. The number of benzene rings is 1. The van der Waals surface area contributed by atoms with Crippen molar-refractivity contribution in [3.63, 3.8) is 0 Å². The summed E-state index contributed by atoms with van der Waals surface area (Å²) in [5.74, 6) is 0. The van der Waals surface area contributed by atoms with Gasteiger partial charge in [-0.2, -0.15) is 10.2 Å². The lowest BCUT2D eigenvalue weighted by Gasteiger charge is -2.04. The molecular weight excluding hydrogens is 224 g/mol. The maximum atomic E-state index is 4.24. The Bertz CT molecular complexity index is 645. The average Bonchev–Trinajstić information content (AvgIpc) is 3.00. The van der Waals surface area contributed by atoms with Crippen LogP contribution in [0.25, 0.3) is 22.4 Å². The molecule has 0 fully saturated rings. The van der Waals surface area contributed by atoms with Crippen LogP contribution in [0.4, 0.5) is 0 Å². The summed E-state index contributed by atoms with van der Waals surface area (Å²) >= 11 is 0. The van der Waals surface area contributed by atoms with Gasteiger partial charge in [-0.15, -0.1) is 0 Å². The fourth-order valence-corrected chi connectivity index (χ4v) is 2.24. The van der Waals surface area contributed by atoms with Crippen LogP contribution in [0.3, 0.4) is 0 Å². The summed E-state index contributed by atoms with van der Waals surface area (Å²) in [6, 6.07) is 10.3. The highest BCUT2D eigenvalue weighted by molar-refractivity contribution is 5.73. The minimum Gasteiger partial charge on any atom is -0.282 e. The summed E-state index contributed by atoms with van der Waals surface area (Å²) in [4.78, 5) is 0. The zero-order valence-corrected chi connectivity index (χ0v) is 10.4. The molecule has 0 atom stereocenters. The predicted octanol–water partition coefficient (Wildman–Crippen LogP) is 3.08. The number of rotatable bonds is 2. The van der Waals surface area contributed by atoms with Crippen molar-refractivity contribution in [1.29, 1.82) is 0 Å². The Morgan fingerprint density at radius 2 is 1.83 bits per heavy atom. The molecule has 0 aliphatic carbocycles. The van der Waals surface area contributed by atoms with Crippen molar-refractivity contribution in [2.75, 3.05) is 0 Å². The maximum absolute atomic E-state index is 4.24. The van der Waals surface area contributed by atoms with Crippen LogP contribution in [0, 0.1) is 13.8 Å². The quantitative estimate of drug-likeness (QED) is 0.720. The van der Waals surface area contributed by atoms with E-state index in [1.54, 1.807) is 6.20 Å². The fourth-order valence-electron chi connectivity index (χ4n) is 2.24. The van der Waals surface area contributed by atoms with Crippen molar-refractivity contribution in [1.82, 2.24) is 20.4 Å². The zero-order valence-electron chi connectivity index (χ0n) is 10.4. The summed E-state index contributed by atoms with van der Waals surface area (Å²) in [5.41, 5.74) is 6.62. The molecule has 90 valence electrons. The number of aromatic amines is 2. The van der Waals surface area contributed by atoms with E-state index in [1.807, 2.05) is 19.9 Å². The van der Waals surface area contributed by atoms with Gasteiger partial charge in [-0.25, -0.2) is 0 Å². The molecule has 0 aliphatic rings. The molecular formula is C14H14N4. The van der Waals surface area contributed by atoms with Crippen molar-refractivity contribution >= 4 is 0 Å². The molecule has 2 aromatic heterocycles. The van der Waals surface area contributed by atoms with Crippen LogP contribution in [-0.4, -0.2) is 20.4 Å². The van der Waals surface area contributed by atoms with Crippen LogP contribution in [-0.2, 0) is 0 Å². The third-order valence-electron chi connectivity index (χ3n) is 3.09. The molecule has 4 heteroatoms. The third kappa shape index (κ3) is 1.72. The highest BCUT2D eigenvalue weighted by Crippen LogP contribution is 2.28. The molecule has 0 bridgehead atoms. The second-order valence-electron chi connectivity index (χ2n) is 4.36. The van der Waals surface area contributed by atoms with Crippen molar-refractivity contribution in [3.05, 3.63) is 47.9 Å². The van der Waals surface area contributed by atoms with E-state index in [1.165, 1.54) is 11.1 Å². The number of H-pyrrole nitrogens is 2. The monoisotopic (exact) mass is 238 g/mol. The Balaban J connectivity index is 2.12. The van der Waals surface area contributed by atoms with Gasteiger partial charge < -0.3 is 0 Å². The van der Waals surface area contributed by atoms with Crippen LogP contribution in [0.15, 0.2) is 36.5 Å². The number of aromatic nitrogens is 4. The van der Waals surface area contributed by atoms with E-state index >= 15 is 0 Å². The molecule has 0 spiro atoms. The molecule has 0 unspecified atom stereocenters. The Kier molecular flexibility index (Phi) is 2.48. The average molecular weight is 238 g/mol. The van der Waals surface area contributed by atoms with Gasteiger partial charge in [0.25, 0.3) is 0 Å². The lowest BCUT2D eigenvalue weighted by atomic mass is 10.0. The first-order valence-electron chi connectivity index (χ1n) is 5.87. The summed E-state index contributed by atoms with van der Waals surface area (Å²) in [7, 11) is 0. The topological polar surface area (TPSA) is 57.4 Å². The van der Waals surface area contributed by atoms with Crippen LogP contribution >= 0.6 is 0 Å². The summed E-state index contributed by atoms with van der Waals surface area (Å²) in [5, 5.41) is 14.2. The van der Waals surface area contributed by atoms with E-state index in [0.29, 0.717) is 0 Å². The van der Waals surface area contributed by atoms with Gasteiger partial charge in [0.05, 0.1) is 11.4 Å². The lowest BCUT2D eigenvalue weighted by molar-refractivity contribution is 1.02. The van der Waals surface area contributed by atoms with Gasteiger partial charge in [-0.1, -0.05) is 18.2 Å². The summed E-state index contributed by atoms with van der Waals surface area (Å²) < 4.78 is 0. The molecule has 0 aliphatic heterocycles. The van der Waals surface area contributed by atoms with Gasteiger partial charge in [-0.3, -0.25) is 10.2 Å². The van der Waals surface area contributed by atoms with Gasteiger partial charge in [0.15, 0.2) is 0 Å². The van der Waals surface area contributed by atoms with E-state index in [0.717, 1.165) is 22.6 Å². The second kappa shape index (κ2) is 4.14. The van der Waals surface area contributed by atoms with Crippen LogP contribution in [0.1, 0.15) is 11.4 Å². The molecule has 2 heterocycles. The first-order valence-corrected chi connectivity index (χ1v) is 5.87. The Morgan fingerprint density at radius 1 is 1.00 bits per heavy atom. The molecule has 0 saturated carbocycles.